The molecule has 0 bridgehead atoms. The molecular weight excluding hydrogens is 585 g/mol. The minimum Gasteiger partial charge on any atom is -0.481 e. The van der Waals surface area contributed by atoms with Crippen LogP contribution in [0.15, 0.2) is 41.3 Å². The van der Waals surface area contributed by atoms with Crippen molar-refractivity contribution < 1.29 is 36.6 Å². The van der Waals surface area contributed by atoms with E-state index in [4.69, 9.17) is 33.0 Å². The third kappa shape index (κ3) is 6.09. The molecule has 202 valence electrons. The molecule has 0 saturated heterocycles. The van der Waals surface area contributed by atoms with Gasteiger partial charge in [-0.3, -0.25) is 14.9 Å². The highest BCUT2D eigenvalue weighted by Crippen LogP contribution is 2.39. The van der Waals surface area contributed by atoms with Crippen LogP contribution in [0.1, 0.15) is 43.0 Å². The van der Waals surface area contributed by atoms with E-state index in [0.29, 0.717) is 31.7 Å². The van der Waals surface area contributed by atoms with E-state index < -0.39 is 56.9 Å². The van der Waals surface area contributed by atoms with E-state index in [2.05, 4.69) is 10.3 Å². The van der Waals surface area contributed by atoms with E-state index in [9.17, 15) is 26.8 Å². The number of halogens is 4. The summed E-state index contributed by atoms with van der Waals surface area (Å²) in [6.45, 7) is 0. The molecule has 0 aliphatic heterocycles. The first-order chi connectivity index (χ1) is 18.0. The molecule has 3 aromatic rings. The van der Waals surface area contributed by atoms with Crippen molar-refractivity contribution in [3.05, 3.63) is 68.6 Å². The van der Waals surface area contributed by atoms with Gasteiger partial charge < -0.3 is 9.84 Å². The molecule has 4 rings (SSSR count). The number of hydrogen-bond acceptors (Lipinski definition) is 7. The highest BCUT2D eigenvalue weighted by Gasteiger charge is 2.38. The third-order valence-electron chi connectivity index (χ3n) is 5.88. The van der Waals surface area contributed by atoms with Gasteiger partial charge in [0, 0.05) is 11.6 Å². The predicted octanol–water partition coefficient (Wildman–Crippen LogP) is 5.83. The molecule has 1 unspecified atom stereocenters. The molecule has 1 aliphatic rings. The van der Waals surface area contributed by atoms with Crippen LogP contribution >= 0.6 is 34.5 Å². The predicted molar refractivity (Wildman–Crippen MR) is 138 cm³/mol. The molecule has 14 heteroatoms. The number of amides is 1. The van der Waals surface area contributed by atoms with E-state index in [-0.39, 0.29) is 30.6 Å². The lowest BCUT2D eigenvalue weighted by Crippen LogP contribution is -2.29. The molecule has 2 aromatic carbocycles. The smallest absolute Gasteiger partial charge is 0.309 e. The molecular formula is C24H20Cl2F2N2O6S2. The quantitative estimate of drug-likeness (QED) is 0.315. The zero-order valence-corrected chi connectivity index (χ0v) is 22.6. The van der Waals surface area contributed by atoms with Gasteiger partial charge in [0.25, 0.3) is 5.91 Å². The Kier molecular flexibility index (Phi) is 8.55. The number of nitrogens with one attached hydrogen (secondary N) is 1. The Morgan fingerprint density at radius 1 is 1.18 bits per heavy atom. The highest BCUT2D eigenvalue weighted by atomic mass is 35.5. The zero-order valence-electron chi connectivity index (χ0n) is 19.4. The number of thiazole rings is 1. The van der Waals surface area contributed by atoms with Gasteiger partial charge in [0.1, 0.15) is 10.2 Å². The molecule has 1 fully saturated rings. The summed E-state index contributed by atoms with van der Waals surface area (Å²) in [6.07, 6.45) is 0.000363. The molecule has 2 N–H and O–H groups in total. The Balaban J connectivity index is 1.78. The standard InChI is InChI=1S/C24H20Cl2F2N2O6S2/c25-15-7-3-6-14(21(15)38(34,35)13-4-1-2-5-13)20(36-18-9-8-12(27)10-16(18)28)23(33)30-24-29-17(11-19(31)32)22(26)37-24/h3,6-10,13,20H,1-2,4-5,11H2,(H,31,32)(H,29,30,33). The number of aliphatic carboxylic acids is 1. The summed E-state index contributed by atoms with van der Waals surface area (Å²) < 4.78 is 60.9. The van der Waals surface area contributed by atoms with Crippen molar-refractivity contribution in [2.45, 2.75) is 48.4 Å². The molecule has 1 aromatic heterocycles. The minimum absolute atomic E-state index is 0.00812. The Morgan fingerprint density at radius 2 is 1.89 bits per heavy atom. The zero-order chi connectivity index (χ0) is 27.6. The largest absolute Gasteiger partial charge is 0.481 e. The fourth-order valence-electron chi connectivity index (χ4n) is 4.16. The summed E-state index contributed by atoms with van der Waals surface area (Å²) >= 11 is 13.2. The van der Waals surface area contributed by atoms with E-state index in [1.165, 1.54) is 18.2 Å². The number of carbonyl (C=O) groups is 2. The van der Waals surface area contributed by atoms with Crippen LogP contribution in [0, 0.1) is 11.6 Å². The average molecular weight is 605 g/mol. The number of sulfone groups is 1. The molecule has 1 amide bonds. The first-order valence-electron chi connectivity index (χ1n) is 11.3. The lowest BCUT2D eigenvalue weighted by Gasteiger charge is -2.23. The van der Waals surface area contributed by atoms with E-state index in [1.807, 2.05) is 0 Å². The maximum absolute atomic E-state index is 14.5. The van der Waals surface area contributed by atoms with E-state index in [0.717, 1.165) is 23.5 Å². The summed E-state index contributed by atoms with van der Waals surface area (Å²) in [5, 5.41) is 10.5. The number of hydrogen-bond donors (Lipinski definition) is 2. The van der Waals surface area contributed by atoms with E-state index >= 15 is 0 Å². The molecule has 38 heavy (non-hydrogen) atoms. The Labute approximate surface area is 230 Å². The minimum atomic E-state index is -4.02. The topological polar surface area (TPSA) is 123 Å². The SMILES string of the molecule is O=C(O)Cc1nc(NC(=O)C(Oc2ccc(F)cc2F)c2cccc(Cl)c2S(=O)(=O)C2CCCC2)sc1Cl. The van der Waals surface area contributed by atoms with Crippen LogP contribution in [-0.4, -0.2) is 35.6 Å². The van der Waals surface area contributed by atoms with Gasteiger partial charge in [0.05, 0.1) is 27.3 Å². The summed E-state index contributed by atoms with van der Waals surface area (Å²) in [5.74, 6) is -4.67. The van der Waals surface area contributed by atoms with Crippen LogP contribution < -0.4 is 10.1 Å². The number of carboxylic acid groups (broad SMARTS) is 1. The Bertz CT molecular complexity index is 1490. The van der Waals surface area contributed by atoms with Crippen molar-refractivity contribution in [1.82, 2.24) is 4.98 Å². The fraction of sp³-hybridized carbons (Fsp3) is 0.292. The first-order valence-corrected chi connectivity index (χ1v) is 14.4. The fourth-order valence-corrected chi connectivity index (χ4v) is 7.84. The normalized spacial score (nSPS) is 14.8. The molecule has 0 radical (unpaired) electrons. The van der Waals surface area contributed by atoms with Crippen LogP contribution in [0.2, 0.25) is 9.36 Å². The van der Waals surface area contributed by atoms with Crippen molar-refractivity contribution in [1.29, 1.82) is 0 Å². The summed E-state index contributed by atoms with van der Waals surface area (Å²) in [5.41, 5.74) is -0.146. The van der Waals surface area contributed by atoms with Crippen LogP contribution in [0.4, 0.5) is 13.9 Å². The second-order valence-electron chi connectivity index (χ2n) is 8.48. The van der Waals surface area contributed by atoms with Crippen molar-refractivity contribution in [3.8, 4) is 5.75 Å². The molecule has 0 spiro atoms. The van der Waals surface area contributed by atoms with Crippen molar-refractivity contribution in [3.63, 3.8) is 0 Å². The van der Waals surface area contributed by atoms with E-state index in [1.54, 1.807) is 0 Å². The van der Waals surface area contributed by atoms with Gasteiger partial charge in [-0.05, 0) is 31.0 Å². The number of carboxylic acids is 1. The lowest BCUT2D eigenvalue weighted by atomic mass is 10.1. The van der Waals surface area contributed by atoms with Gasteiger partial charge in [-0.2, -0.15) is 0 Å². The van der Waals surface area contributed by atoms with Crippen LogP contribution in [0.3, 0.4) is 0 Å². The number of ether oxygens (including phenoxy) is 1. The average Bonchev–Trinajstić information content (AvgIpc) is 3.49. The molecule has 1 atom stereocenters. The number of carbonyl (C=O) groups excluding carboxylic acids is 1. The summed E-state index contributed by atoms with van der Waals surface area (Å²) in [6, 6.07) is 6.54. The third-order valence-corrected chi connectivity index (χ3v) is 9.93. The maximum atomic E-state index is 14.5. The Hall–Kier alpha value is -2.80. The molecule has 8 nitrogen and oxygen atoms in total. The number of nitrogens with zero attached hydrogens (tertiary/aromatic N) is 1. The van der Waals surface area contributed by atoms with Gasteiger partial charge in [-0.25, -0.2) is 22.2 Å². The highest BCUT2D eigenvalue weighted by molar-refractivity contribution is 7.92. The van der Waals surface area contributed by atoms with Gasteiger partial charge in [0.2, 0.25) is 6.10 Å². The molecule has 1 heterocycles. The van der Waals surface area contributed by atoms with Gasteiger partial charge in [-0.1, -0.05) is 59.5 Å². The van der Waals surface area contributed by atoms with Gasteiger partial charge >= 0.3 is 5.97 Å². The summed E-state index contributed by atoms with van der Waals surface area (Å²) in [7, 11) is -4.02. The van der Waals surface area contributed by atoms with Crippen molar-refractivity contribution >= 4 is 61.4 Å². The van der Waals surface area contributed by atoms with Crippen LogP contribution in [-0.2, 0) is 25.8 Å². The van der Waals surface area contributed by atoms with Gasteiger partial charge in [0.15, 0.2) is 26.5 Å². The summed E-state index contributed by atoms with van der Waals surface area (Å²) in [4.78, 5) is 28.2. The number of aromatic nitrogens is 1. The van der Waals surface area contributed by atoms with Crippen LogP contribution in [0.25, 0.3) is 0 Å². The Morgan fingerprint density at radius 3 is 2.55 bits per heavy atom. The second-order valence-corrected chi connectivity index (χ2v) is 12.7. The number of benzene rings is 2. The maximum Gasteiger partial charge on any atom is 0.309 e. The van der Waals surface area contributed by atoms with Gasteiger partial charge in [-0.15, -0.1) is 0 Å². The molecule has 1 aliphatic carbocycles. The monoisotopic (exact) mass is 604 g/mol. The lowest BCUT2D eigenvalue weighted by molar-refractivity contribution is -0.136. The number of anilines is 1. The van der Waals surface area contributed by atoms with Crippen LogP contribution in [0.5, 0.6) is 5.75 Å². The second kappa shape index (κ2) is 11.5. The molecule has 1 saturated carbocycles. The first kappa shape index (κ1) is 28.2. The number of rotatable bonds is 9. The van der Waals surface area contributed by atoms with Crippen molar-refractivity contribution in [2.75, 3.05) is 5.32 Å². The van der Waals surface area contributed by atoms with Crippen molar-refractivity contribution in [2.24, 2.45) is 0 Å².